The second-order valence-corrected chi connectivity index (χ2v) is 5.32. The highest BCUT2D eigenvalue weighted by atomic mass is 16.5. The summed E-state index contributed by atoms with van der Waals surface area (Å²) in [6.07, 6.45) is 0.310. The maximum absolute atomic E-state index is 12.1. The second kappa shape index (κ2) is 8.38. The molecule has 7 heteroatoms. The van der Waals surface area contributed by atoms with Crippen molar-refractivity contribution in [2.24, 2.45) is 0 Å². The number of methoxy groups -OCH3 is 1. The van der Waals surface area contributed by atoms with Crippen LogP contribution in [0.3, 0.4) is 0 Å². The molecule has 126 valence electrons. The first-order valence-corrected chi connectivity index (χ1v) is 7.57. The predicted molar refractivity (Wildman–Crippen MR) is 83.8 cm³/mol. The molecular formula is C16H22N2O5. The first kappa shape index (κ1) is 17.1. The van der Waals surface area contributed by atoms with Gasteiger partial charge in [-0.2, -0.15) is 0 Å². The van der Waals surface area contributed by atoms with Gasteiger partial charge < -0.3 is 19.5 Å². The summed E-state index contributed by atoms with van der Waals surface area (Å²) in [6, 6.07) is 7.21. The van der Waals surface area contributed by atoms with E-state index in [-0.39, 0.29) is 12.5 Å². The molecule has 1 fully saturated rings. The summed E-state index contributed by atoms with van der Waals surface area (Å²) in [6.45, 7) is 2.67. The molecule has 0 unspecified atom stereocenters. The average molecular weight is 322 g/mol. The van der Waals surface area contributed by atoms with Crippen LogP contribution in [0, 0.1) is 0 Å². The Bertz CT molecular complexity index is 524. The average Bonchev–Trinajstić information content (AvgIpc) is 2.55. The predicted octanol–water partition coefficient (Wildman–Crippen LogP) is 0.693. The molecule has 1 aliphatic heterocycles. The molecule has 23 heavy (non-hydrogen) atoms. The van der Waals surface area contributed by atoms with Gasteiger partial charge in [-0.25, -0.2) is 0 Å². The summed E-state index contributed by atoms with van der Waals surface area (Å²) in [5.41, 5.74) is 0. The summed E-state index contributed by atoms with van der Waals surface area (Å²) in [4.78, 5) is 26.4. The number of carbonyl (C=O) groups excluding carboxylic acids is 1. The van der Waals surface area contributed by atoms with Crippen LogP contribution in [0.4, 0.5) is 0 Å². The maximum atomic E-state index is 12.1. The minimum absolute atomic E-state index is 0.0304. The van der Waals surface area contributed by atoms with E-state index in [4.69, 9.17) is 14.6 Å². The minimum Gasteiger partial charge on any atom is -0.497 e. The molecular weight excluding hydrogens is 300 g/mol. The summed E-state index contributed by atoms with van der Waals surface area (Å²) in [7, 11) is 1.60. The fraction of sp³-hybridized carbons (Fsp3) is 0.500. The molecule has 7 nitrogen and oxygen atoms in total. The Labute approximate surface area is 135 Å². The van der Waals surface area contributed by atoms with Crippen molar-refractivity contribution in [2.45, 2.75) is 6.42 Å². The Balaban J connectivity index is 1.68. The third-order valence-electron chi connectivity index (χ3n) is 3.73. The summed E-state index contributed by atoms with van der Waals surface area (Å²) in [5.74, 6) is 0.656. The molecule has 1 aromatic rings. The van der Waals surface area contributed by atoms with Crippen molar-refractivity contribution in [2.75, 3.05) is 46.4 Å². The molecule has 1 amide bonds. The molecule has 2 rings (SSSR count). The Morgan fingerprint density at radius 2 is 1.70 bits per heavy atom. The zero-order valence-corrected chi connectivity index (χ0v) is 13.2. The monoisotopic (exact) mass is 322 g/mol. The molecule has 0 saturated carbocycles. The second-order valence-electron chi connectivity index (χ2n) is 5.32. The number of benzene rings is 1. The van der Waals surface area contributed by atoms with E-state index in [9.17, 15) is 9.59 Å². The SMILES string of the molecule is COc1ccc(OCCC(=O)N2CCN(CC(=O)O)CC2)cc1. The van der Waals surface area contributed by atoms with Crippen LogP contribution in [-0.2, 0) is 9.59 Å². The number of piperazine rings is 1. The number of nitrogens with zero attached hydrogens (tertiary/aromatic N) is 2. The molecule has 0 spiro atoms. The zero-order valence-electron chi connectivity index (χ0n) is 13.2. The van der Waals surface area contributed by atoms with E-state index in [0.717, 1.165) is 5.75 Å². The third-order valence-corrected chi connectivity index (χ3v) is 3.73. The van der Waals surface area contributed by atoms with Gasteiger partial charge in [0.05, 0.1) is 26.7 Å². The van der Waals surface area contributed by atoms with Gasteiger partial charge in [-0.3, -0.25) is 14.5 Å². The molecule has 0 aromatic heterocycles. The normalized spacial score (nSPS) is 15.3. The Hall–Kier alpha value is -2.28. The lowest BCUT2D eigenvalue weighted by Crippen LogP contribution is -2.50. The van der Waals surface area contributed by atoms with E-state index in [0.29, 0.717) is 45.0 Å². The quantitative estimate of drug-likeness (QED) is 0.796. The molecule has 0 atom stereocenters. The van der Waals surface area contributed by atoms with Gasteiger partial charge in [0.2, 0.25) is 5.91 Å². The van der Waals surface area contributed by atoms with Gasteiger partial charge in [0.15, 0.2) is 0 Å². The number of aliphatic carboxylic acids is 1. The Morgan fingerprint density at radius 1 is 1.09 bits per heavy atom. The Kier molecular flexibility index (Phi) is 6.22. The highest BCUT2D eigenvalue weighted by Gasteiger charge is 2.21. The van der Waals surface area contributed by atoms with Crippen LogP contribution in [0.1, 0.15) is 6.42 Å². The van der Waals surface area contributed by atoms with Crippen LogP contribution in [0.15, 0.2) is 24.3 Å². The first-order chi connectivity index (χ1) is 11.1. The van der Waals surface area contributed by atoms with Crippen LogP contribution < -0.4 is 9.47 Å². The van der Waals surface area contributed by atoms with E-state index < -0.39 is 5.97 Å². The van der Waals surface area contributed by atoms with Crippen molar-refractivity contribution in [3.05, 3.63) is 24.3 Å². The topological polar surface area (TPSA) is 79.3 Å². The highest BCUT2D eigenvalue weighted by Crippen LogP contribution is 2.17. The molecule has 0 radical (unpaired) electrons. The first-order valence-electron chi connectivity index (χ1n) is 7.57. The molecule has 1 saturated heterocycles. The van der Waals surface area contributed by atoms with Crippen molar-refractivity contribution in [1.82, 2.24) is 9.80 Å². The number of carbonyl (C=O) groups is 2. The summed E-state index contributed by atoms with van der Waals surface area (Å²) < 4.78 is 10.6. The minimum atomic E-state index is -0.835. The van der Waals surface area contributed by atoms with Crippen LogP contribution in [0.5, 0.6) is 11.5 Å². The molecule has 0 bridgehead atoms. The van der Waals surface area contributed by atoms with Crippen LogP contribution in [0.25, 0.3) is 0 Å². The fourth-order valence-electron chi connectivity index (χ4n) is 2.43. The lowest BCUT2D eigenvalue weighted by Gasteiger charge is -2.33. The molecule has 0 aliphatic carbocycles. The van der Waals surface area contributed by atoms with E-state index in [1.165, 1.54) is 0 Å². The largest absolute Gasteiger partial charge is 0.497 e. The van der Waals surface area contributed by atoms with E-state index in [2.05, 4.69) is 0 Å². The van der Waals surface area contributed by atoms with E-state index >= 15 is 0 Å². The Morgan fingerprint density at radius 3 is 2.26 bits per heavy atom. The van der Waals surface area contributed by atoms with Gasteiger partial charge in [0.1, 0.15) is 11.5 Å². The van der Waals surface area contributed by atoms with Gasteiger partial charge in [-0.1, -0.05) is 0 Å². The summed E-state index contributed by atoms with van der Waals surface area (Å²) >= 11 is 0. The summed E-state index contributed by atoms with van der Waals surface area (Å²) in [5, 5.41) is 8.75. The number of amides is 1. The van der Waals surface area contributed by atoms with Crippen molar-refractivity contribution in [3.63, 3.8) is 0 Å². The highest BCUT2D eigenvalue weighted by molar-refractivity contribution is 5.76. The smallest absolute Gasteiger partial charge is 0.317 e. The molecule has 1 aliphatic rings. The number of carboxylic acid groups (broad SMARTS) is 1. The van der Waals surface area contributed by atoms with Crippen molar-refractivity contribution in [1.29, 1.82) is 0 Å². The van der Waals surface area contributed by atoms with Crippen LogP contribution in [-0.4, -0.2) is 73.2 Å². The van der Waals surface area contributed by atoms with Crippen molar-refractivity contribution in [3.8, 4) is 11.5 Å². The maximum Gasteiger partial charge on any atom is 0.317 e. The number of carboxylic acids is 1. The van der Waals surface area contributed by atoms with Crippen LogP contribution >= 0.6 is 0 Å². The lowest BCUT2D eigenvalue weighted by molar-refractivity contribution is -0.139. The van der Waals surface area contributed by atoms with Gasteiger partial charge >= 0.3 is 5.97 Å². The third kappa shape index (κ3) is 5.45. The molecule has 1 heterocycles. The van der Waals surface area contributed by atoms with Crippen molar-refractivity contribution < 1.29 is 24.2 Å². The van der Waals surface area contributed by atoms with Gasteiger partial charge in [-0.05, 0) is 24.3 Å². The van der Waals surface area contributed by atoms with Crippen LogP contribution in [0.2, 0.25) is 0 Å². The molecule has 1 N–H and O–H groups in total. The zero-order chi connectivity index (χ0) is 16.7. The van der Waals surface area contributed by atoms with Gasteiger partial charge in [0.25, 0.3) is 0 Å². The number of rotatable bonds is 7. The lowest BCUT2D eigenvalue weighted by atomic mass is 10.2. The van der Waals surface area contributed by atoms with E-state index in [1.54, 1.807) is 36.3 Å². The number of hydrogen-bond donors (Lipinski definition) is 1. The standard InChI is InChI=1S/C16H22N2O5/c1-22-13-2-4-14(5-3-13)23-11-6-15(19)18-9-7-17(8-10-18)12-16(20)21/h2-5H,6-12H2,1H3,(H,20,21). The fourth-order valence-corrected chi connectivity index (χ4v) is 2.43. The number of ether oxygens (including phenoxy) is 2. The van der Waals surface area contributed by atoms with Gasteiger partial charge in [-0.15, -0.1) is 0 Å². The van der Waals surface area contributed by atoms with E-state index in [1.807, 2.05) is 4.90 Å². The molecule has 1 aromatic carbocycles. The van der Waals surface area contributed by atoms with Gasteiger partial charge in [0, 0.05) is 26.2 Å². The number of hydrogen-bond acceptors (Lipinski definition) is 5. The van der Waals surface area contributed by atoms with Crippen molar-refractivity contribution >= 4 is 11.9 Å².